The number of piperidine rings is 2. The standard InChI is InChI=1S/C41H51N9O5S/c51-39-14-12-36(41(53)45-39)30-7-10-35(11-8-30)49-18-15-29(16-19-49)26-48-23-21-47(22-24-48)20-17-42-56(54,55)46-34-6-1-3-31(25-34)37-28-50-27-32(9-13-38(50)44-37)40(52)43-33-4-2-5-33/h1,3,6-11,13,25,27-29,33,36,42,46H,2,4-5,12,14-24,26H2,(H,43,52)(H,45,51,53). The van der Waals surface area contributed by atoms with Crippen LogP contribution in [0.15, 0.2) is 73.1 Å². The van der Waals surface area contributed by atoms with E-state index in [1.54, 1.807) is 30.5 Å². The second kappa shape index (κ2) is 16.7. The summed E-state index contributed by atoms with van der Waals surface area (Å²) in [5, 5.41) is 5.52. The largest absolute Gasteiger partial charge is 0.372 e. The Kier molecular flexibility index (Phi) is 11.4. The Bertz CT molecular complexity index is 2150. The molecule has 0 bridgehead atoms. The average molecular weight is 782 g/mol. The van der Waals surface area contributed by atoms with Gasteiger partial charge in [-0.15, -0.1) is 0 Å². The lowest BCUT2D eigenvalue weighted by Gasteiger charge is -2.39. The Morgan fingerprint density at radius 3 is 2.36 bits per heavy atom. The van der Waals surface area contributed by atoms with E-state index in [2.05, 4.69) is 46.9 Å². The third-order valence-corrected chi connectivity index (χ3v) is 12.9. The van der Waals surface area contributed by atoms with Crippen LogP contribution < -0.4 is 25.0 Å². The highest BCUT2D eigenvalue weighted by Gasteiger charge is 2.29. The van der Waals surface area contributed by atoms with Gasteiger partial charge in [0.05, 0.1) is 22.9 Å². The molecule has 4 fully saturated rings. The van der Waals surface area contributed by atoms with Crippen molar-refractivity contribution < 1.29 is 22.8 Å². The number of pyridine rings is 1. The molecule has 1 unspecified atom stereocenters. The minimum Gasteiger partial charge on any atom is -0.372 e. The van der Waals surface area contributed by atoms with Gasteiger partial charge in [0, 0.05) is 95.0 Å². The number of rotatable bonds is 13. The average Bonchev–Trinajstić information content (AvgIpc) is 3.61. The molecule has 0 radical (unpaired) electrons. The van der Waals surface area contributed by atoms with Crippen LogP contribution in [0.25, 0.3) is 16.9 Å². The van der Waals surface area contributed by atoms with Gasteiger partial charge in [0.25, 0.3) is 16.1 Å². The number of nitrogens with zero attached hydrogens (tertiary/aromatic N) is 5. The first-order chi connectivity index (χ1) is 27.1. The number of amides is 3. The normalized spacial score (nSPS) is 20.5. The van der Waals surface area contributed by atoms with Crippen LogP contribution in [0.4, 0.5) is 11.4 Å². The van der Waals surface area contributed by atoms with Crippen molar-refractivity contribution in [3.63, 3.8) is 0 Å². The number of anilines is 2. The molecule has 4 N–H and O–H groups in total. The number of imide groups is 1. The summed E-state index contributed by atoms with van der Waals surface area (Å²) in [6.07, 6.45) is 10.0. The summed E-state index contributed by atoms with van der Waals surface area (Å²) in [7, 11) is -3.79. The van der Waals surface area contributed by atoms with Crippen LogP contribution >= 0.6 is 0 Å². The van der Waals surface area contributed by atoms with E-state index in [4.69, 9.17) is 4.98 Å². The monoisotopic (exact) mass is 781 g/mol. The molecule has 8 rings (SSSR count). The van der Waals surface area contributed by atoms with Crippen molar-refractivity contribution >= 4 is 45.0 Å². The van der Waals surface area contributed by atoms with Gasteiger partial charge < -0.3 is 19.5 Å². The zero-order valence-electron chi connectivity index (χ0n) is 31.7. The Balaban J connectivity index is 0.744. The fourth-order valence-electron chi connectivity index (χ4n) is 8.22. The van der Waals surface area contributed by atoms with Crippen molar-refractivity contribution in [3.05, 3.63) is 84.2 Å². The van der Waals surface area contributed by atoms with Crippen LogP contribution in [0.5, 0.6) is 0 Å². The molecule has 4 aliphatic rings. The highest BCUT2D eigenvalue weighted by Crippen LogP contribution is 2.29. The molecular weight excluding hydrogens is 731 g/mol. The maximum absolute atomic E-state index is 13.0. The molecule has 4 aromatic rings. The second-order valence-corrected chi connectivity index (χ2v) is 17.2. The van der Waals surface area contributed by atoms with Gasteiger partial charge in [-0.05, 0) is 86.4 Å². The number of benzene rings is 2. The summed E-state index contributed by atoms with van der Waals surface area (Å²) < 4.78 is 33.2. The molecule has 0 spiro atoms. The molecule has 3 saturated heterocycles. The van der Waals surface area contributed by atoms with Gasteiger partial charge in [-0.1, -0.05) is 24.3 Å². The summed E-state index contributed by atoms with van der Waals surface area (Å²) in [5.74, 6) is -0.0828. The second-order valence-electron chi connectivity index (χ2n) is 15.7. The Hall–Kier alpha value is -4.83. The summed E-state index contributed by atoms with van der Waals surface area (Å²) in [5.41, 5.74) is 5.29. The molecule has 14 nitrogen and oxygen atoms in total. The van der Waals surface area contributed by atoms with Gasteiger partial charge >= 0.3 is 0 Å². The maximum Gasteiger partial charge on any atom is 0.299 e. The molecular formula is C41H51N9O5S. The van der Waals surface area contributed by atoms with E-state index >= 15 is 0 Å². The minimum absolute atomic E-state index is 0.0858. The fraction of sp³-hybridized carbons (Fsp3) is 0.463. The summed E-state index contributed by atoms with van der Waals surface area (Å²) >= 11 is 0. The van der Waals surface area contributed by atoms with Crippen molar-refractivity contribution in [2.75, 3.05) is 68.5 Å². The summed E-state index contributed by atoms with van der Waals surface area (Å²) in [6, 6.07) is 19.3. The van der Waals surface area contributed by atoms with E-state index < -0.39 is 10.2 Å². The van der Waals surface area contributed by atoms with Crippen LogP contribution in [-0.4, -0.2) is 110 Å². The zero-order valence-corrected chi connectivity index (χ0v) is 32.5. The number of hydrogen-bond donors (Lipinski definition) is 4. The Labute approximate surface area is 328 Å². The Morgan fingerprint density at radius 1 is 0.857 bits per heavy atom. The topological polar surface area (TPSA) is 160 Å². The first-order valence-corrected chi connectivity index (χ1v) is 21.4. The number of carbonyl (C=O) groups is 3. The van der Waals surface area contributed by atoms with Crippen molar-refractivity contribution in [2.24, 2.45) is 5.92 Å². The first-order valence-electron chi connectivity index (χ1n) is 19.9. The molecule has 296 valence electrons. The number of nitrogens with one attached hydrogen (secondary N) is 4. The van der Waals surface area contributed by atoms with Crippen molar-refractivity contribution in [1.29, 1.82) is 0 Å². The number of fused-ring (bicyclic) bond motifs is 1. The summed E-state index contributed by atoms with van der Waals surface area (Å²) in [6.45, 7) is 7.79. The van der Waals surface area contributed by atoms with Gasteiger partial charge in [0.15, 0.2) is 0 Å². The molecule has 1 atom stereocenters. The maximum atomic E-state index is 13.0. The zero-order chi connectivity index (χ0) is 38.6. The van der Waals surface area contributed by atoms with Crippen LogP contribution in [0.2, 0.25) is 0 Å². The number of hydrogen-bond acceptors (Lipinski definition) is 9. The van der Waals surface area contributed by atoms with E-state index in [9.17, 15) is 22.8 Å². The van der Waals surface area contributed by atoms with Crippen molar-refractivity contribution in [1.82, 2.24) is 34.5 Å². The molecule has 1 aliphatic carbocycles. The van der Waals surface area contributed by atoms with Crippen molar-refractivity contribution in [2.45, 2.75) is 56.9 Å². The highest BCUT2D eigenvalue weighted by molar-refractivity contribution is 7.90. The van der Waals surface area contributed by atoms with Crippen LogP contribution in [-0.2, 0) is 19.8 Å². The lowest BCUT2D eigenvalue weighted by atomic mass is 9.90. The Morgan fingerprint density at radius 2 is 1.62 bits per heavy atom. The molecule has 3 aliphatic heterocycles. The van der Waals surface area contributed by atoms with Gasteiger partial charge in [0.2, 0.25) is 11.8 Å². The van der Waals surface area contributed by atoms with Gasteiger partial charge in [0.1, 0.15) is 5.65 Å². The van der Waals surface area contributed by atoms with E-state index in [-0.39, 0.29) is 29.7 Å². The lowest BCUT2D eigenvalue weighted by molar-refractivity contribution is -0.134. The number of aromatic nitrogens is 2. The van der Waals surface area contributed by atoms with E-state index in [1.165, 1.54) is 5.69 Å². The van der Waals surface area contributed by atoms with E-state index in [0.29, 0.717) is 54.4 Å². The minimum atomic E-state index is -3.79. The summed E-state index contributed by atoms with van der Waals surface area (Å²) in [4.78, 5) is 48.4. The van der Waals surface area contributed by atoms with E-state index in [0.717, 1.165) is 89.0 Å². The lowest BCUT2D eigenvalue weighted by Crippen LogP contribution is -2.50. The van der Waals surface area contributed by atoms with Crippen LogP contribution in [0.1, 0.15) is 66.8 Å². The first kappa shape index (κ1) is 38.1. The highest BCUT2D eigenvalue weighted by atomic mass is 32.2. The quantitative estimate of drug-likeness (QED) is 0.149. The van der Waals surface area contributed by atoms with Gasteiger partial charge in [-0.25, -0.2) is 4.98 Å². The molecule has 2 aromatic heterocycles. The molecule has 15 heteroatoms. The van der Waals surface area contributed by atoms with Crippen LogP contribution in [0, 0.1) is 5.92 Å². The number of piperazine rings is 1. The fourth-order valence-corrected chi connectivity index (χ4v) is 9.09. The predicted molar refractivity (Wildman–Crippen MR) is 216 cm³/mol. The molecule has 5 heterocycles. The number of carbonyl (C=O) groups excluding carboxylic acids is 3. The molecule has 1 saturated carbocycles. The predicted octanol–water partition coefficient (Wildman–Crippen LogP) is 3.58. The molecule has 2 aromatic carbocycles. The third kappa shape index (κ3) is 9.23. The van der Waals surface area contributed by atoms with Crippen LogP contribution in [0.3, 0.4) is 0 Å². The number of imidazole rings is 1. The molecule has 3 amide bonds. The third-order valence-electron chi connectivity index (χ3n) is 11.8. The van der Waals surface area contributed by atoms with Crippen molar-refractivity contribution in [3.8, 4) is 11.3 Å². The molecule has 56 heavy (non-hydrogen) atoms. The van der Waals surface area contributed by atoms with Gasteiger partial charge in [-0.2, -0.15) is 13.1 Å². The van der Waals surface area contributed by atoms with E-state index in [1.807, 2.05) is 34.9 Å². The smallest absolute Gasteiger partial charge is 0.299 e. The van der Waals surface area contributed by atoms with Gasteiger partial charge in [-0.3, -0.25) is 29.3 Å². The SMILES string of the molecule is O=C1CCC(c2ccc(N3CCC(CN4CCN(CCNS(=O)(=O)Nc5cccc(-c6cn7cc(C(=O)NC8CCC8)ccc7n6)c5)CC4)CC3)cc2)C(=O)N1.